The molecule has 1 saturated carbocycles. The van der Waals surface area contributed by atoms with Gasteiger partial charge in [-0.15, -0.1) is 0 Å². The monoisotopic (exact) mass is 318 g/mol. The smallest absolute Gasteiger partial charge is 0.236 e. The Kier molecular flexibility index (Phi) is 3.52. The van der Waals surface area contributed by atoms with Gasteiger partial charge in [0.15, 0.2) is 0 Å². The Bertz CT molecular complexity index is 549. The fourth-order valence-corrected chi connectivity index (χ4v) is 4.58. The van der Waals surface area contributed by atoms with E-state index in [1.54, 1.807) is 4.90 Å². The molecule has 2 bridgehead atoms. The number of ether oxygens (including phenoxy) is 1. The zero-order valence-corrected chi connectivity index (χ0v) is 13.2. The number of hydrogen-bond donors (Lipinski definition) is 1. The lowest BCUT2D eigenvalue weighted by Crippen LogP contribution is -2.45. The van der Waals surface area contributed by atoms with Gasteiger partial charge < -0.3 is 10.1 Å². The Balaban J connectivity index is 1.40. The van der Waals surface area contributed by atoms with Gasteiger partial charge in [0.2, 0.25) is 17.7 Å². The van der Waals surface area contributed by atoms with Crippen LogP contribution in [0, 0.1) is 17.8 Å². The number of carbonyl (C=O) groups is 3. The predicted molar refractivity (Wildman–Crippen MR) is 81.1 cm³/mol. The molecule has 6 nitrogen and oxygen atoms in total. The van der Waals surface area contributed by atoms with Gasteiger partial charge in [0.25, 0.3) is 0 Å². The zero-order valence-electron chi connectivity index (χ0n) is 13.2. The molecule has 3 heterocycles. The van der Waals surface area contributed by atoms with E-state index in [1.807, 2.05) is 12.2 Å². The molecule has 124 valence electrons. The van der Waals surface area contributed by atoms with E-state index in [4.69, 9.17) is 4.74 Å². The van der Waals surface area contributed by atoms with Gasteiger partial charge in [-0.1, -0.05) is 12.2 Å². The summed E-state index contributed by atoms with van der Waals surface area (Å²) in [7, 11) is 0. The summed E-state index contributed by atoms with van der Waals surface area (Å²) < 4.78 is 5.67. The Hall–Kier alpha value is -1.69. The molecule has 0 radical (unpaired) electrons. The van der Waals surface area contributed by atoms with Gasteiger partial charge in [-0.2, -0.15) is 0 Å². The maximum absolute atomic E-state index is 12.7. The number of amides is 3. The predicted octanol–water partition coefficient (Wildman–Crippen LogP) is 0.620. The van der Waals surface area contributed by atoms with Crippen LogP contribution >= 0.6 is 0 Å². The minimum absolute atomic E-state index is 0.00665. The fraction of sp³-hybridized carbons (Fsp3) is 0.706. The van der Waals surface area contributed by atoms with E-state index in [0.29, 0.717) is 12.5 Å². The highest BCUT2D eigenvalue weighted by Gasteiger charge is 2.61. The molecule has 0 aromatic heterocycles. The third-order valence-corrected chi connectivity index (χ3v) is 5.77. The summed E-state index contributed by atoms with van der Waals surface area (Å²) in [6, 6.07) is 0.0218. The lowest BCUT2D eigenvalue weighted by molar-refractivity contribution is -0.146. The Morgan fingerprint density at radius 2 is 1.70 bits per heavy atom. The third-order valence-electron chi connectivity index (χ3n) is 5.77. The highest BCUT2D eigenvalue weighted by atomic mass is 16.5. The van der Waals surface area contributed by atoms with Crippen molar-refractivity contribution in [1.29, 1.82) is 0 Å². The highest BCUT2D eigenvalue weighted by Crippen LogP contribution is 2.46. The SMILES string of the molecule is CC(=O)NCC1CCC(N2C(=O)C3C4C=CC(O4)C3C2=O)CC1. The van der Waals surface area contributed by atoms with E-state index in [9.17, 15) is 14.4 Å². The van der Waals surface area contributed by atoms with Crippen LogP contribution in [0.25, 0.3) is 0 Å². The first-order chi connectivity index (χ1) is 11.1. The summed E-state index contributed by atoms with van der Waals surface area (Å²) >= 11 is 0. The van der Waals surface area contributed by atoms with Crippen LogP contribution in [0.15, 0.2) is 12.2 Å². The van der Waals surface area contributed by atoms with Gasteiger partial charge >= 0.3 is 0 Å². The average Bonchev–Trinajstić information content (AvgIpc) is 3.20. The third kappa shape index (κ3) is 2.31. The maximum Gasteiger partial charge on any atom is 0.236 e. The number of likely N-dealkylation sites (tertiary alicyclic amines) is 1. The summed E-state index contributed by atoms with van der Waals surface area (Å²) in [5.74, 6) is -0.231. The molecule has 3 amide bonds. The Morgan fingerprint density at radius 1 is 1.13 bits per heavy atom. The molecule has 3 aliphatic heterocycles. The molecule has 1 N–H and O–H groups in total. The first-order valence-electron chi connectivity index (χ1n) is 8.51. The van der Waals surface area contributed by atoms with Crippen LogP contribution in [0.4, 0.5) is 0 Å². The van der Waals surface area contributed by atoms with Crippen LogP contribution in [-0.4, -0.2) is 47.4 Å². The van der Waals surface area contributed by atoms with Crippen LogP contribution in [0.5, 0.6) is 0 Å². The van der Waals surface area contributed by atoms with Crippen molar-refractivity contribution in [2.24, 2.45) is 17.8 Å². The molecule has 4 unspecified atom stereocenters. The first-order valence-corrected chi connectivity index (χ1v) is 8.51. The summed E-state index contributed by atoms with van der Waals surface area (Å²) in [5, 5.41) is 2.86. The quantitative estimate of drug-likeness (QED) is 0.611. The number of fused-ring (bicyclic) bond motifs is 5. The topological polar surface area (TPSA) is 75.7 Å². The summed E-state index contributed by atoms with van der Waals surface area (Å²) in [6.45, 7) is 2.22. The second-order valence-electron chi connectivity index (χ2n) is 7.16. The molecule has 0 aromatic carbocycles. The van der Waals surface area contributed by atoms with E-state index in [2.05, 4.69) is 5.32 Å². The van der Waals surface area contributed by atoms with E-state index in [1.165, 1.54) is 6.92 Å². The molecule has 4 rings (SSSR count). The zero-order chi connectivity index (χ0) is 16.1. The Morgan fingerprint density at radius 3 is 2.22 bits per heavy atom. The molecule has 2 saturated heterocycles. The second kappa shape index (κ2) is 5.44. The van der Waals surface area contributed by atoms with Crippen molar-refractivity contribution < 1.29 is 19.1 Å². The molecule has 0 spiro atoms. The number of nitrogens with zero attached hydrogens (tertiary/aromatic N) is 1. The van der Waals surface area contributed by atoms with Gasteiger partial charge in [-0.05, 0) is 31.6 Å². The minimum atomic E-state index is -0.297. The second-order valence-corrected chi connectivity index (χ2v) is 7.16. The largest absolute Gasteiger partial charge is 0.365 e. The number of hydrogen-bond acceptors (Lipinski definition) is 4. The van der Waals surface area contributed by atoms with Gasteiger partial charge in [-0.25, -0.2) is 0 Å². The van der Waals surface area contributed by atoms with E-state index >= 15 is 0 Å². The van der Waals surface area contributed by atoms with Crippen molar-refractivity contribution in [3.8, 4) is 0 Å². The first kappa shape index (κ1) is 14.9. The summed E-state index contributed by atoms with van der Waals surface area (Å²) in [6.07, 6.45) is 6.99. The lowest BCUT2D eigenvalue weighted by Gasteiger charge is -2.34. The standard InChI is InChI=1S/C17H22N2O4/c1-9(20)18-8-10-2-4-11(5-3-10)19-16(21)14-12-6-7-13(23-12)15(14)17(19)22/h6-7,10-15H,2-5,8H2,1H3,(H,18,20). The molecule has 6 heteroatoms. The fourth-order valence-electron chi connectivity index (χ4n) is 4.58. The highest BCUT2D eigenvalue weighted by molar-refractivity contribution is 6.07. The Labute approximate surface area is 135 Å². The average molecular weight is 318 g/mol. The minimum Gasteiger partial charge on any atom is -0.365 e. The van der Waals surface area contributed by atoms with E-state index < -0.39 is 0 Å². The van der Waals surface area contributed by atoms with Crippen LogP contribution in [-0.2, 0) is 19.1 Å². The lowest BCUT2D eigenvalue weighted by atomic mass is 9.85. The normalized spacial score (nSPS) is 41.5. The van der Waals surface area contributed by atoms with Crippen LogP contribution in [0.2, 0.25) is 0 Å². The van der Waals surface area contributed by atoms with Crippen LogP contribution in [0.1, 0.15) is 32.6 Å². The number of nitrogens with one attached hydrogen (secondary N) is 1. The van der Waals surface area contributed by atoms with Gasteiger partial charge in [0.05, 0.1) is 24.0 Å². The molecule has 0 aromatic rings. The molecule has 1 aliphatic carbocycles. The molecule has 3 fully saturated rings. The van der Waals surface area contributed by atoms with Gasteiger partial charge in [0.1, 0.15) is 0 Å². The molecular weight excluding hydrogens is 296 g/mol. The van der Waals surface area contributed by atoms with E-state index in [-0.39, 0.29) is 47.8 Å². The summed E-state index contributed by atoms with van der Waals surface area (Å²) in [5.41, 5.74) is 0. The van der Waals surface area contributed by atoms with Crippen LogP contribution in [0.3, 0.4) is 0 Å². The number of rotatable bonds is 3. The van der Waals surface area contributed by atoms with Crippen molar-refractivity contribution in [3.05, 3.63) is 12.2 Å². The maximum atomic E-state index is 12.7. The summed E-state index contributed by atoms with van der Waals surface area (Å²) in [4.78, 5) is 38.0. The molecule has 23 heavy (non-hydrogen) atoms. The van der Waals surface area contributed by atoms with Crippen LogP contribution < -0.4 is 5.32 Å². The van der Waals surface area contributed by atoms with Gasteiger partial charge in [-0.3, -0.25) is 19.3 Å². The van der Waals surface area contributed by atoms with Crippen molar-refractivity contribution in [1.82, 2.24) is 10.2 Å². The van der Waals surface area contributed by atoms with Crippen molar-refractivity contribution in [2.45, 2.75) is 50.9 Å². The molecule has 4 atom stereocenters. The number of imide groups is 1. The van der Waals surface area contributed by atoms with Gasteiger partial charge in [0, 0.05) is 19.5 Å². The van der Waals surface area contributed by atoms with E-state index in [0.717, 1.165) is 25.7 Å². The van der Waals surface area contributed by atoms with Crippen molar-refractivity contribution in [3.63, 3.8) is 0 Å². The van der Waals surface area contributed by atoms with Crippen molar-refractivity contribution >= 4 is 17.7 Å². The van der Waals surface area contributed by atoms with Crippen molar-refractivity contribution in [2.75, 3.05) is 6.54 Å². The number of carbonyl (C=O) groups excluding carboxylic acids is 3. The molecular formula is C17H22N2O4. The molecule has 4 aliphatic rings.